The van der Waals surface area contributed by atoms with E-state index in [2.05, 4.69) is 24.5 Å². The van der Waals surface area contributed by atoms with Crippen LogP contribution in [-0.4, -0.2) is 18.4 Å². The Morgan fingerprint density at radius 1 is 1.16 bits per heavy atom. The molecule has 0 fully saturated rings. The van der Waals surface area contributed by atoms with Gasteiger partial charge in [-0.05, 0) is 24.8 Å². The van der Waals surface area contributed by atoms with Crippen molar-refractivity contribution in [1.82, 2.24) is 10.6 Å². The molecule has 0 spiro atoms. The van der Waals surface area contributed by atoms with Crippen LogP contribution in [0.4, 0.5) is 0 Å². The molecule has 0 unspecified atom stereocenters. The van der Waals surface area contributed by atoms with Crippen LogP contribution in [0.5, 0.6) is 0 Å². The fourth-order valence-electron chi connectivity index (χ4n) is 1.64. The van der Waals surface area contributed by atoms with E-state index < -0.39 is 11.8 Å². The highest BCUT2D eigenvalue weighted by Crippen LogP contribution is 2.03. The van der Waals surface area contributed by atoms with Crippen molar-refractivity contribution in [2.45, 2.75) is 33.7 Å². The molecule has 0 aliphatic carbocycles. The number of aryl methyl sites for hydroxylation is 1. The third kappa shape index (κ3) is 6.04. The summed E-state index contributed by atoms with van der Waals surface area (Å²) in [5.74, 6) is -0.630. The van der Waals surface area contributed by atoms with Gasteiger partial charge >= 0.3 is 11.8 Å². The standard InChI is InChI=1S/C15H22N2O2/c1-11(2)7-8-16-14(18)15(19)17-10-13-6-4-5-12(3)9-13/h4-6,9,11H,7-8,10H2,1-3H3,(H,16,18)(H,17,19). The van der Waals surface area contributed by atoms with Crippen LogP contribution >= 0.6 is 0 Å². The third-order valence-electron chi connectivity index (χ3n) is 2.75. The minimum absolute atomic E-state index is 0.373. The van der Waals surface area contributed by atoms with Gasteiger partial charge in [-0.1, -0.05) is 43.7 Å². The van der Waals surface area contributed by atoms with Gasteiger partial charge < -0.3 is 10.6 Å². The molecule has 0 aliphatic rings. The molecule has 1 rings (SSSR count). The SMILES string of the molecule is Cc1cccc(CNC(=O)C(=O)NCCC(C)C)c1. The van der Waals surface area contributed by atoms with Crippen molar-refractivity contribution in [3.8, 4) is 0 Å². The Morgan fingerprint density at radius 2 is 1.84 bits per heavy atom. The van der Waals surface area contributed by atoms with Gasteiger partial charge in [0.25, 0.3) is 0 Å². The molecule has 2 amide bonds. The Bertz CT molecular complexity index is 442. The molecule has 0 aliphatic heterocycles. The number of hydrogen-bond acceptors (Lipinski definition) is 2. The van der Waals surface area contributed by atoms with E-state index >= 15 is 0 Å². The summed E-state index contributed by atoms with van der Waals surface area (Å²) in [4.78, 5) is 23.0. The molecule has 0 bridgehead atoms. The van der Waals surface area contributed by atoms with Crippen molar-refractivity contribution < 1.29 is 9.59 Å². The summed E-state index contributed by atoms with van der Waals surface area (Å²) in [7, 11) is 0. The fraction of sp³-hybridized carbons (Fsp3) is 0.467. The summed E-state index contributed by atoms with van der Waals surface area (Å²) in [5, 5.41) is 5.22. The second-order valence-electron chi connectivity index (χ2n) is 5.11. The molecule has 0 saturated heterocycles. The molecule has 1 aromatic rings. The lowest BCUT2D eigenvalue weighted by Gasteiger charge is -2.08. The van der Waals surface area contributed by atoms with Crippen molar-refractivity contribution in [3.63, 3.8) is 0 Å². The van der Waals surface area contributed by atoms with Crippen LogP contribution in [0.3, 0.4) is 0 Å². The molecule has 1 aromatic carbocycles. The first-order valence-corrected chi connectivity index (χ1v) is 6.60. The van der Waals surface area contributed by atoms with Crippen molar-refractivity contribution in [2.24, 2.45) is 5.92 Å². The summed E-state index contributed by atoms with van der Waals surface area (Å²) in [6, 6.07) is 7.82. The van der Waals surface area contributed by atoms with E-state index in [9.17, 15) is 9.59 Å². The molecule has 2 N–H and O–H groups in total. The first-order valence-electron chi connectivity index (χ1n) is 6.60. The average molecular weight is 262 g/mol. The van der Waals surface area contributed by atoms with Gasteiger partial charge in [-0.2, -0.15) is 0 Å². The van der Waals surface area contributed by atoms with Gasteiger partial charge in [0.2, 0.25) is 0 Å². The summed E-state index contributed by atoms with van der Waals surface area (Å²) in [5.41, 5.74) is 2.12. The number of nitrogens with one attached hydrogen (secondary N) is 2. The molecule has 0 aromatic heterocycles. The lowest BCUT2D eigenvalue weighted by molar-refractivity contribution is -0.139. The highest BCUT2D eigenvalue weighted by atomic mass is 16.2. The quantitative estimate of drug-likeness (QED) is 0.795. The van der Waals surface area contributed by atoms with Crippen molar-refractivity contribution in [3.05, 3.63) is 35.4 Å². The van der Waals surface area contributed by atoms with Gasteiger partial charge in [-0.3, -0.25) is 9.59 Å². The average Bonchev–Trinajstić information content (AvgIpc) is 2.35. The molecule has 4 heteroatoms. The zero-order chi connectivity index (χ0) is 14.3. The zero-order valence-electron chi connectivity index (χ0n) is 11.8. The zero-order valence-corrected chi connectivity index (χ0v) is 11.8. The maximum Gasteiger partial charge on any atom is 0.309 e. The van der Waals surface area contributed by atoms with E-state index in [0.29, 0.717) is 19.0 Å². The normalized spacial score (nSPS) is 10.3. The lowest BCUT2D eigenvalue weighted by Crippen LogP contribution is -2.40. The van der Waals surface area contributed by atoms with Gasteiger partial charge in [0, 0.05) is 13.1 Å². The molecule has 0 heterocycles. The number of amides is 2. The molecular formula is C15H22N2O2. The number of carbonyl (C=O) groups is 2. The van der Waals surface area contributed by atoms with Crippen molar-refractivity contribution in [1.29, 1.82) is 0 Å². The Morgan fingerprint density at radius 3 is 2.47 bits per heavy atom. The Hall–Kier alpha value is -1.84. The van der Waals surface area contributed by atoms with Crippen LogP contribution in [-0.2, 0) is 16.1 Å². The van der Waals surface area contributed by atoms with Gasteiger partial charge in [-0.25, -0.2) is 0 Å². The Labute approximate surface area is 114 Å². The number of carbonyl (C=O) groups excluding carboxylic acids is 2. The number of benzene rings is 1. The van der Waals surface area contributed by atoms with E-state index in [0.717, 1.165) is 17.5 Å². The molecule has 19 heavy (non-hydrogen) atoms. The maximum atomic E-state index is 11.6. The van der Waals surface area contributed by atoms with Crippen LogP contribution in [0.2, 0.25) is 0 Å². The second-order valence-corrected chi connectivity index (χ2v) is 5.11. The highest BCUT2D eigenvalue weighted by molar-refractivity contribution is 6.35. The van der Waals surface area contributed by atoms with E-state index in [4.69, 9.17) is 0 Å². The first kappa shape index (κ1) is 15.2. The van der Waals surface area contributed by atoms with Crippen molar-refractivity contribution >= 4 is 11.8 Å². The van der Waals surface area contributed by atoms with E-state index in [1.807, 2.05) is 31.2 Å². The molecule has 0 atom stereocenters. The summed E-state index contributed by atoms with van der Waals surface area (Å²) in [6.45, 7) is 7.05. The van der Waals surface area contributed by atoms with Gasteiger partial charge in [0.15, 0.2) is 0 Å². The second kappa shape index (κ2) is 7.56. The largest absolute Gasteiger partial charge is 0.348 e. The van der Waals surface area contributed by atoms with Crippen molar-refractivity contribution in [2.75, 3.05) is 6.54 Å². The van der Waals surface area contributed by atoms with E-state index in [1.54, 1.807) is 0 Å². The van der Waals surface area contributed by atoms with Crippen LogP contribution < -0.4 is 10.6 Å². The highest BCUT2D eigenvalue weighted by Gasteiger charge is 2.12. The predicted octanol–water partition coefficient (Wildman–Crippen LogP) is 1.77. The summed E-state index contributed by atoms with van der Waals surface area (Å²) in [6.07, 6.45) is 0.872. The van der Waals surface area contributed by atoms with E-state index in [-0.39, 0.29) is 0 Å². The number of rotatable bonds is 5. The van der Waals surface area contributed by atoms with Gasteiger partial charge in [-0.15, -0.1) is 0 Å². The predicted molar refractivity (Wildman–Crippen MR) is 75.5 cm³/mol. The van der Waals surface area contributed by atoms with E-state index in [1.165, 1.54) is 0 Å². The third-order valence-corrected chi connectivity index (χ3v) is 2.75. The minimum Gasteiger partial charge on any atom is -0.348 e. The molecule has 4 nitrogen and oxygen atoms in total. The van der Waals surface area contributed by atoms with Gasteiger partial charge in [0.1, 0.15) is 0 Å². The smallest absolute Gasteiger partial charge is 0.309 e. The summed E-state index contributed by atoms with van der Waals surface area (Å²) >= 11 is 0. The Balaban J connectivity index is 2.32. The van der Waals surface area contributed by atoms with Gasteiger partial charge in [0.05, 0.1) is 0 Å². The molecule has 0 radical (unpaired) electrons. The topological polar surface area (TPSA) is 58.2 Å². The monoisotopic (exact) mass is 262 g/mol. The first-order chi connectivity index (χ1) is 8.99. The van der Waals surface area contributed by atoms with Crippen LogP contribution in [0.1, 0.15) is 31.4 Å². The summed E-state index contributed by atoms with van der Waals surface area (Å²) < 4.78 is 0. The fourth-order valence-corrected chi connectivity index (χ4v) is 1.64. The molecule has 0 saturated carbocycles. The van der Waals surface area contributed by atoms with Crippen LogP contribution in [0.15, 0.2) is 24.3 Å². The Kier molecular flexibility index (Phi) is 6.06. The molecular weight excluding hydrogens is 240 g/mol. The maximum absolute atomic E-state index is 11.6. The van der Waals surface area contributed by atoms with Crippen LogP contribution in [0.25, 0.3) is 0 Å². The van der Waals surface area contributed by atoms with Crippen LogP contribution in [0, 0.1) is 12.8 Å². The molecule has 104 valence electrons. The number of hydrogen-bond donors (Lipinski definition) is 2. The minimum atomic E-state index is -0.578. The lowest BCUT2D eigenvalue weighted by atomic mass is 10.1.